The highest BCUT2D eigenvalue weighted by Crippen LogP contribution is 2.37. The molecule has 1 aliphatic heterocycles. The van der Waals surface area contributed by atoms with Crippen molar-refractivity contribution in [3.8, 4) is 5.75 Å². The number of methoxy groups -OCH3 is 2. The van der Waals surface area contributed by atoms with Gasteiger partial charge in [0.25, 0.3) is 0 Å². The molecule has 1 aromatic heterocycles. The van der Waals surface area contributed by atoms with E-state index in [2.05, 4.69) is 15.3 Å². The lowest BCUT2D eigenvalue weighted by molar-refractivity contribution is -0.143. The molecule has 2 atom stereocenters. The Balaban J connectivity index is 1.94. The number of H-pyrrole nitrogens is 1. The van der Waals surface area contributed by atoms with Crippen molar-refractivity contribution >= 4 is 12.0 Å². The first-order valence-electron chi connectivity index (χ1n) is 9.76. The number of urea groups is 1. The minimum Gasteiger partial charge on any atom is -0.496 e. The van der Waals surface area contributed by atoms with Crippen molar-refractivity contribution in [3.63, 3.8) is 0 Å². The molecule has 1 aliphatic rings. The number of benzene rings is 1. The van der Waals surface area contributed by atoms with Gasteiger partial charge < -0.3 is 24.7 Å². The summed E-state index contributed by atoms with van der Waals surface area (Å²) in [7, 11) is 2.93. The summed E-state index contributed by atoms with van der Waals surface area (Å²) in [5.41, 5.74) is 2.63. The Morgan fingerprint density at radius 3 is 2.76 bits per heavy atom. The molecule has 3 rings (SSSR count). The first-order valence-corrected chi connectivity index (χ1v) is 9.76. The molecule has 0 saturated heterocycles. The van der Waals surface area contributed by atoms with Gasteiger partial charge in [-0.15, -0.1) is 0 Å². The van der Waals surface area contributed by atoms with Crippen LogP contribution in [0, 0.1) is 5.92 Å². The molecule has 0 saturated carbocycles. The molecule has 0 aliphatic carbocycles. The Hall–Kier alpha value is -3.03. The first kappa shape index (κ1) is 20.7. The van der Waals surface area contributed by atoms with Gasteiger partial charge >= 0.3 is 12.0 Å². The van der Waals surface area contributed by atoms with E-state index in [-0.39, 0.29) is 11.9 Å². The maximum absolute atomic E-state index is 13.3. The van der Waals surface area contributed by atoms with Crippen LogP contribution in [0.2, 0.25) is 0 Å². The standard InChI is InChI=1S/C21H28N4O4/c1-13(2)11-16(20(26)29-4)24-21(27)25-10-9-15-18(23-12-22-15)19(25)14-7-5-6-8-17(14)28-3/h5-8,12-13,16,19H,9-11H2,1-4H3,(H,22,23)(H,24,27). The van der Waals surface area contributed by atoms with Crippen molar-refractivity contribution in [2.75, 3.05) is 20.8 Å². The number of para-hydroxylation sites is 1. The van der Waals surface area contributed by atoms with Crippen LogP contribution in [0.15, 0.2) is 30.6 Å². The average Bonchev–Trinajstić information content (AvgIpc) is 3.20. The fraction of sp³-hybridized carbons (Fsp3) is 0.476. The predicted molar refractivity (Wildman–Crippen MR) is 108 cm³/mol. The summed E-state index contributed by atoms with van der Waals surface area (Å²) in [6.07, 6.45) is 2.80. The molecule has 29 heavy (non-hydrogen) atoms. The van der Waals surface area contributed by atoms with Crippen molar-refractivity contribution in [1.82, 2.24) is 20.2 Å². The first-order chi connectivity index (χ1) is 14.0. The second kappa shape index (κ2) is 8.98. The summed E-state index contributed by atoms with van der Waals surface area (Å²) in [5, 5.41) is 2.86. The number of imidazole rings is 1. The van der Waals surface area contributed by atoms with E-state index < -0.39 is 18.1 Å². The lowest BCUT2D eigenvalue weighted by Crippen LogP contribution is -2.51. The van der Waals surface area contributed by atoms with Gasteiger partial charge in [-0.3, -0.25) is 0 Å². The lowest BCUT2D eigenvalue weighted by atomic mass is 9.95. The van der Waals surface area contributed by atoms with Crippen LogP contribution in [0.4, 0.5) is 4.79 Å². The molecule has 2 heterocycles. The van der Waals surface area contributed by atoms with Crippen molar-refractivity contribution in [3.05, 3.63) is 47.5 Å². The number of ether oxygens (including phenoxy) is 2. The zero-order valence-corrected chi connectivity index (χ0v) is 17.3. The maximum atomic E-state index is 13.3. The third kappa shape index (κ3) is 4.36. The Bertz CT molecular complexity index is 864. The number of nitrogens with zero attached hydrogens (tertiary/aromatic N) is 2. The van der Waals surface area contributed by atoms with E-state index in [4.69, 9.17) is 9.47 Å². The van der Waals surface area contributed by atoms with Crippen LogP contribution in [0.1, 0.15) is 43.3 Å². The monoisotopic (exact) mass is 400 g/mol. The third-order valence-electron chi connectivity index (χ3n) is 5.11. The number of aromatic nitrogens is 2. The second-order valence-corrected chi connectivity index (χ2v) is 7.51. The smallest absolute Gasteiger partial charge is 0.328 e. The highest BCUT2D eigenvalue weighted by atomic mass is 16.5. The normalized spacial score (nSPS) is 16.9. The molecule has 2 amide bonds. The molecule has 8 heteroatoms. The van der Waals surface area contributed by atoms with E-state index in [0.29, 0.717) is 25.1 Å². The number of hydrogen-bond acceptors (Lipinski definition) is 5. The lowest BCUT2D eigenvalue weighted by Gasteiger charge is -2.36. The summed E-state index contributed by atoms with van der Waals surface area (Å²) < 4.78 is 10.4. The van der Waals surface area contributed by atoms with Crippen LogP contribution in [0.25, 0.3) is 0 Å². The van der Waals surface area contributed by atoms with Crippen LogP contribution >= 0.6 is 0 Å². The maximum Gasteiger partial charge on any atom is 0.328 e. The van der Waals surface area contributed by atoms with Crippen molar-refractivity contribution in [2.24, 2.45) is 5.92 Å². The number of carbonyl (C=O) groups is 2. The third-order valence-corrected chi connectivity index (χ3v) is 5.11. The minimum absolute atomic E-state index is 0.226. The molecule has 0 radical (unpaired) electrons. The summed E-state index contributed by atoms with van der Waals surface area (Å²) in [6.45, 7) is 4.48. The van der Waals surface area contributed by atoms with Crippen LogP contribution < -0.4 is 10.1 Å². The zero-order chi connectivity index (χ0) is 21.0. The Morgan fingerprint density at radius 1 is 1.31 bits per heavy atom. The Morgan fingerprint density at radius 2 is 2.07 bits per heavy atom. The van der Waals surface area contributed by atoms with Gasteiger partial charge in [-0.25, -0.2) is 14.6 Å². The minimum atomic E-state index is -0.702. The molecule has 1 aromatic carbocycles. The largest absolute Gasteiger partial charge is 0.496 e. The predicted octanol–water partition coefficient (Wildman–Crippen LogP) is 2.66. The average molecular weight is 400 g/mol. The quantitative estimate of drug-likeness (QED) is 0.727. The van der Waals surface area contributed by atoms with Gasteiger partial charge in [0.2, 0.25) is 0 Å². The van der Waals surface area contributed by atoms with E-state index in [1.165, 1.54) is 7.11 Å². The number of nitrogens with one attached hydrogen (secondary N) is 2. The summed E-state index contributed by atoms with van der Waals surface area (Å²) in [4.78, 5) is 34.8. The van der Waals surface area contributed by atoms with Crippen LogP contribution in [-0.4, -0.2) is 53.7 Å². The Labute approximate surface area is 170 Å². The summed E-state index contributed by atoms with van der Waals surface area (Å²) in [6, 6.07) is 6.14. The van der Waals surface area contributed by atoms with Crippen LogP contribution in [0.5, 0.6) is 5.75 Å². The van der Waals surface area contributed by atoms with E-state index in [0.717, 1.165) is 17.0 Å². The second-order valence-electron chi connectivity index (χ2n) is 7.51. The summed E-state index contributed by atoms with van der Waals surface area (Å²) in [5.74, 6) is 0.458. The molecule has 0 spiro atoms. The number of carbonyl (C=O) groups excluding carboxylic acids is 2. The highest BCUT2D eigenvalue weighted by Gasteiger charge is 2.37. The molecule has 156 valence electrons. The molecule has 0 bridgehead atoms. The molecule has 8 nitrogen and oxygen atoms in total. The SMILES string of the molecule is COC(=O)C(CC(C)C)NC(=O)N1CCc2[nH]cnc2C1c1ccccc1OC. The molecular weight excluding hydrogens is 372 g/mol. The van der Waals surface area contributed by atoms with E-state index in [1.54, 1.807) is 18.3 Å². The van der Waals surface area contributed by atoms with Gasteiger partial charge in [-0.1, -0.05) is 32.0 Å². The number of fused-ring (bicyclic) bond motifs is 1. The molecule has 2 N–H and O–H groups in total. The molecule has 2 unspecified atom stereocenters. The van der Waals surface area contributed by atoms with Crippen LogP contribution in [0.3, 0.4) is 0 Å². The number of rotatable bonds is 6. The van der Waals surface area contributed by atoms with Crippen molar-refractivity contribution in [2.45, 2.75) is 38.8 Å². The van der Waals surface area contributed by atoms with E-state index in [9.17, 15) is 9.59 Å². The van der Waals surface area contributed by atoms with E-state index >= 15 is 0 Å². The van der Waals surface area contributed by atoms with Crippen molar-refractivity contribution in [1.29, 1.82) is 0 Å². The van der Waals surface area contributed by atoms with Gasteiger partial charge in [0.1, 0.15) is 17.8 Å². The number of aromatic amines is 1. The summed E-state index contributed by atoms with van der Waals surface area (Å²) >= 11 is 0. The molecular formula is C21H28N4O4. The van der Waals surface area contributed by atoms with Crippen molar-refractivity contribution < 1.29 is 19.1 Å². The molecule has 0 fully saturated rings. The Kier molecular flexibility index (Phi) is 6.41. The number of amides is 2. The topological polar surface area (TPSA) is 96.6 Å². The number of hydrogen-bond donors (Lipinski definition) is 2. The fourth-order valence-electron chi connectivity index (χ4n) is 3.76. The van der Waals surface area contributed by atoms with E-state index in [1.807, 2.05) is 38.1 Å². The fourth-order valence-corrected chi connectivity index (χ4v) is 3.76. The van der Waals surface area contributed by atoms with Gasteiger partial charge in [-0.05, 0) is 18.4 Å². The molecule has 2 aromatic rings. The van der Waals surface area contributed by atoms with Gasteiger partial charge in [0, 0.05) is 24.2 Å². The van der Waals surface area contributed by atoms with Crippen LogP contribution in [-0.2, 0) is 16.0 Å². The number of esters is 1. The van der Waals surface area contributed by atoms with Gasteiger partial charge in [0.15, 0.2) is 0 Å². The highest BCUT2D eigenvalue weighted by molar-refractivity contribution is 5.84. The van der Waals surface area contributed by atoms with Gasteiger partial charge in [-0.2, -0.15) is 0 Å². The van der Waals surface area contributed by atoms with Gasteiger partial charge in [0.05, 0.1) is 26.2 Å². The zero-order valence-electron chi connectivity index (χ0n) is 17.3.